The molecule has 0 spiro atoms. The molecule has 1 amide bonds. The number of amides is 1. The number of nitriles is 1. The van der Waals surface area contributed by atoms with Crippen LogP contribution in [-0.2, 0) is 20.9 Å². The Kier molecular flexibility index (Phi) is 6.68. The summed E-state index contributed by atoms with van der Waals surface area (Å²) in [5.41, 5.74) is 1.11. The van der Waals surface area contributed by atoms with E-state index >= 15 is 0 Å². The molecule has 0 aliphatic heterocycles. The van der Waals surface area contributed by atoms with Crippen molar-refractivity contribution >= 4 is 11.9 Å². The summed E-state index contributed by atoms with van der Waals surface area (Å²) in [5, 5.41) is 8.70. The van der Waals surface area contributed by atoms with Gasteiger partial charge >= 0.3 is 5.97 Å². The molecule has 0 radical (unpaired) electrons. The van der Waals surface area contributed by atoms with Crippen LogP contribution in [0.25, 0.3) is 0 Å². The molecule has 0 atom stereocenters. The van der Waals surface area contributed by atoms with Gasteiger partial charge in [-0.15, -0.1) is 0 Å². The average Bonchev–Trinajstić information content (AvgIpc) is 2.64. The molecule has 2 aromatic rings. The summed E-state index contributed by atoms with van der Waals surface area (Å²) in [6.07, 6.45) is 0. The van der Waals surface area contributed by atoms with E-state index in [0.717, 1.165) is 0 Å². The largest absolute Gasteiger partial charge is 0.482 e. The van der Waals surface area contributed by atoms with Crippen LogP contribution in [0.4, 0.5) is 4.39 Å². The summed E-state index contributed by atoms with van der Waals surface area (Å²) in [6.45, 7) is -0.579. The molecule has 0 aromatic heterocycles. The van der Waals surface area contributed by atoms with Gasteiger partial charge in [0.15, 0.2) is 13.2 Å². The van der Waals surface area contributed by atoms with Gasteiger partial charge in [0.25, 0.3) is 5.91 Å². The van der Waals surface area contributed by atoms with Gasteiger partial charge in [0.05, 0.1) is 11.6 Å². The number of carbonyl (C=O) groups is 2. The van der Waals surface area contributed by atoms with E-state index in [1.165, 1.54) is 24.1 Å². The lowest BCUT2D eigenvalue weighted by Gasteiger charge is -2.17. The van der Waals surface area contributed by atoms with Gasteiger partial charge in [-0.05, 0) is 42.0 Å². The van der Waals surface area contributed by atoms with Gasteiger partial charge in [0.2, 0.25) is 0 Å². The number of rotatable bonds is 7. The number of ether oxygens (including phenoxy) is 2. The molecule has 7 heteroatoms. The maximum Gasteiger partial charge on any atom is 0.344 e. The lowest BCUT2D eigenvalue weighted by molar-refractivity contribution is -0.153. The highest BCUT2D eigenvalue weighted by Gasteiger charge is 2.13. The molecule has 0 fully saturated rings. The summed E-state index contributed by atoms with van der Waals surface area (Å²) >= 11 is 0. The third-order valence-corrected chi connectivity index (χ3v) is 3.43. The lowest BCUT2D eigenvalue weighted by Crippen LogP contribution is -2.31. The Morgan fingerprint density at radius 2 is 1.88 bits per heavy atom. The van der Waals surface area contributed by atoms with Gasteiger partial charge in [-0.1, -0.05) is 12.1 Å². The second kappa shape index (κ2) is 9.18. The van der Waals surface area contributed by atoms with Crippen LogP contribution < -0.4 is 4.74 Å². The van der Waals surface area contributed by atoms with Crippen molar-refractivity contribution in [3.63, 3.8) is 0 Å². The molecule has 6 nitrogen and oxygen atoms in total. The Hall–Kier alpha value is -3.40. The highest BCUT2D eigenvalue weighted by Crippen LogP contribution is 2.11. The van der Waals surface area contributed by atoms with E-state index in [-0.39, 0.29) is 19.0 Å². The third-order valence-electron chi connectivity index (χ3n) is 3.43. The Morgan fingerprint density at radius 1 is 1.15 bits per heavy atom. The molecule has 0 N–H and O–H groups in total. The van der Waals surface area contributed by atoms with E-state index in [4.69, 9.17) is 14.7 Å². The summed E-state index contributed by atoms with van der Waals surface area (Å²) in [6, 6.07) is 14.1. The predicted octanol–water partition coefficient (Wildman–Crippen LogP) is 2.28. The van der Waals surface area contributed by atoms with Crippen molar-refractivity contribution in [3.8, 4) is 11.8 Å². The van der Waals surface area contributed by atoms with Crippen molar-refractivity contribution in [2.75, 3.05) is 20.3 Å². The van der Waals surface area contributed by atoms with E-state index in [9.17, 15) is 14.0 Å². The molecular formula is C19H17FN2O4. The van der Waals surface area contributed by atoms with Crippen molar-refractivity contribution in [2.45, 2.75) is 6.54 Å². The SMILES string of the molecule is CN(Cc1cccc(F)c1)C(=O)COC(=O)COc1ccc(C#N)cc1. The summed E-state index contributed by atoms with van der Waals surface area (Å²) in [4.78, 5) is 25.0. The maximum absolute atomic E-state index is 13.1. The first-order valence-electron chi connectivity index (χ1n) is 7.75. The first-order valence-corrected chi connectivity index (χ1v) is 7.75. The van der Waals surface area contributed by atoms with Crippen LogP contribution in [0.15, 0.2) is 48.5 Å². The fourth-order valence-electron chi connectivity index (χ4n) is 2.06. The molecule has 0 aliphatic rings. The maximum atomic E-state index is 13.1. The molecule has 0 unspecified atom stereocenters. The van der Waals surface area contributed by atoms with Crippen molar-refractivity contribution in [1.82, 2.24) is 4.90 Å². The van der Waals surface area contributed by atoms with Crippen molar-refractivity contribution in [2.24, 2.45) is 0 Å². The standard InChI is InChI=1S/C19H17FN2O4/c1-22(11-15-3-2-4-16(20)9-15)18(23)12-26-19(24)13-25-17-7-5-14(10-21)6-8-17/h2-9H,11-13H2,1H3. The van der Waals surface area contributed by atoms with Crippen LogP contribution in [-0.4, -0.2) is 37.0 Å². The summed E-state index contributed by atoms with van der Waals surface area (Å²) in [5.74, 6) is -1.08. The van der Waals surface area contributed by atoms with E-state index in [1.807, 2.05) is 6.07 Å². The third kappa shape index (κ3) is 5.91. The number of benzene rings is 2. The van der Waals surface area contributed by atoms with Gasteiger partial charge in [0, 0.05) is 13.6 Å². The lowest BCUT2D eigenvalue weighted by atomic mass is 10.2. The van der Waals surface area contributed by atoms with E-state index in [2.05, 4.69) is 0 Å². The number of hydrogen-bond donors (Lipinski definition) is 0. The number of nitrogens with zero attached hydrogens (tertiary/aromatic N) is 2. The van der Waals surface area contributed by atoms with Gasteiger partial charge in [0.1, 0.15) is 11.6 Å². The van der Waals surface area contributed by atoms with Gasteiger partial charge < -0.3 is 14.4 Å². The zero-order chi connectivity index (χ0) is 18.9. The zero-order valence-electron chi connectivity index (χ0n) is 14.1. The molecule has 0 heterocycles. The quantitative estimate of drug-likeness (QED) is 0.711. The number of likely N-dealkylation sites (N-methyl/N-ethyl adjacent to an activating group) is 1. The molecule has 0 saturated carbocycles. The molecule has 26 heavy (non-hydrogen) atoms. The highest BCUT2D eigenvalue weighted by molar-refractivity contribution is 5.80. The normalized spacial score (nSPS) is 9.88. The fraction of sp³-hybridized carbons (Fsp3) is 0.211. The Morgan fingerprint density at radius 3 is 2.54 bits per heavy atom. The van der Waals surface area contributed by atoms with Crippen LogP contribution in [0.2, 0.25) is 0 Å². The Balaban J connectivity index is 1.73. The minimum Gasteiger partial charge on any atom is -0.482 e. The first-order chi connectivity index (χ1) is 12.5. The predicted molar refractivity (Wildman–Crippen MR) is 90.5 cm³/mol. The minimum absolute atomic E-state index is 0.204. The van der Waals surface area contributed by atoms with Crippen molar-refractivity contribution in [1.29, 1.82) is 5.26 Å². The minimum atomic E-state index is -0.693. The highest BCUT2D eigenvalue weighted by atomic mass is 19.1. The molecule has 2 rings (SSSR count). The van der Waals surface area contributed by atoms with Crippen LogP contribution in [0.5, 0.6) is 5.75 Å². The molecule has 2 aromatic carbocycles. The van der Waals surface area contributed by atoms with Crippen LogP contribution in [0.1, 0.15) is 11.1 Å². The number of hydrogen-bond acceptors (Lipinski definition) is 5. The molecule has 0 saturated heterocycles. The van der Waals surface area contributed by atoms with Gasteiger partial charge in [-0.3, -0.25) is 4.79 Å². The number of carbonyl (C=O) groups excluding carboxylic acids is 2. The second-order valence-corrected chi connectivity index (χ2v) is 5.47. The van der Waals surface area contributed by atoms with Gasteiger partial charge in [-0.25, -0.2) is 9.18 Å². The first kappa shape index (κ1) is 18.9. The second-order valence-electron chi connectivity index (χ2n) is 5.47. The summed E-state index contributed by atoms with van der Waals surface area (Å²) < 4.78 is 23.2. The topological polar surface area (TPSA) is 79.6 Å². The van der Waals surface area contributed by atoms with Crippen molar-refractivity contribution in [3.05, 3.63) is 65.5 Å². The molecule has 134 valence electrons. The zero-order valence-corrected chi connectivity index (χ0v) is 14.1. The van der Waals surface area contributed by atoms with E-state index in [0.29, 0.717) is 16.9 Å². The number of esters is 1. The Bertz CT molecular complexity index is 815. The monoisotopic (exact) mass is 356 g/mol. The smallest absolute Gasteiger partial charge is 0.344 e. The van der Waals surface area contributed by atoms with Gasteiger partial charge in [-0.2, -0.15) is 5.26 Å². The fourth-order valence-corrected chi connectivity index (χ4v) is 2.06. The molecule has 0 aliphatic carbocycles. The summed E-state index contributed by atoms with van der Waals surface area (Å²) in [7, 11) is 1.54. The van der Waals surface area contributed by atoms with Crippen LogP contribution >= 0.6 is 0 Å². The van der Waals surface area contributed by atoms with E-state index in [1.54, 1.807) is 36.4 Å². The molecular weight excluding hydrogens is 339 g/mol. The van der Waals surface area contributed by atoms with Crippen LogP contribution in [0.3, 0.4) is 0 Å². The average molecular weight is 356 g/mol. The molecule has 0 bridgehead atoms. The van der Waals surface area contributed by atoms with Crippen LogP contribution in [0, 0.1) is 17.1 Å². The van der Waals surface area contributed by atoms with E-state index < -0.39 is 18.5 Å². The Labute approximate surface area is 150 Å². The number of halogens is 1. The van der Waals surface area contributed by atoms with Crippen molar-refractivity contribution < 1.29 is 23.5 Å².